The number of ketones is 3. The Hall–Kier alpha value is -2.58. The zero-order chi connectivity index (χ0) is 30.4. The van der Waals surface area contributed by atoms with E-state index in [-0.39, 0.29) is 36.1 Å². The van der Waals surface area contributed by atoms with Crippen LogP contribution < -0.4 is 0 Å². The number of allylic oxidation sites excluding steroid dienone is 4. The molecule has 0 amide bonds. The Balaban J connectivity index is 1.76. The summed E-state index contributed by atoms with van der Waals surface area (Å²) in [5, 5.41) is 33.8. The first-order valence-corrected chi connectivity index (χ1v) is 14.1. The van der Waals surface area contributed by atoms with Crippen molar-refractivity contribution >= 4 is 23.3 Å². The minimum Gasteiger partial charge on any atom is -0.505 e. The smallest absolute Gasteiger partial charge is 0.303 e. The van der Waals surface area contributed by atoms with Crippen molar-refractivity contribution in [2.24, 2.45) is 39.4 Å². The van der Waals surface area contributed by atoms with Gasteiger partial charge in [-0.25, -0.2) is 0 Å². The molecule has 3 N–H and O–H groups in total. The molecular weight excluding hydrogens is 512 g/mol. The maximum absolute atomic E-state index is 14.3. The summed E-state index contributed by atoms with van der Waals surface area (Å²) in [5.74, 6) is -3.61. The van der Waals surface area contributed by atoms with Crippen LogP contribution in [-0.2, 0) is 23.9 Å². The van der Waals surface area contributed by atoms with E-state index >= 15 is 0 Å². The quantitative estimate of drug-likeness (QED) is 0.260. The molecule has 0 aromatic rings. The minimum atomic E-state index is -2.00. The Bertz CT molecular complexity index is 1270. The monoisotopic (exact) mass is 556 g/mol. The Morgan fingerprint density at radius 3 is 2.25 bits per heavy atom. The van der Waals surface area contributed by atoms with E-state index in [4.69, 9.17) is 4.74 Å². The second-order valence-corrected chi connectivity index (χ2v) is 14.4. The largest absolute Gasteiger partial charge is 0.505 e. The molecule has 220 valence electrons. The van der Waals surface area contributed by atoms with Crippen molar-refractivity contribution in [1.29, 1.82) is 0 Å². The standard InChI is InChI=1S/C32H44O8/c1-17(33)40-27(2,3)13-12-23(36)32(9,39)25-21(35)15-29(6)22-11-10-18-19(14-20(34)26(38)28(18,4)5)31(22,8)24(37)16-30(25,29)7/h10,12-14,19,21-22,25,34-35,39H,11,15-16H2,1-9H3/b13-12+/t19-,21+,22+,25+,29-,30+,31-,32+/m0/s1. The van der Waals surface area contributed by atoms with Gasteiger partial charge in [0.25, 0.3) is 0 Å². The summed E-state index contributed by atoms with van der Waals surface area (Å²) < 4.78 is 5.22. The van der Waals surface area contributed by atoms with Gasteiger partial charge in [-0.1, -0.05) is 32.4 Å². The van der Waals surface area contributed by atoms with Crippen molar-refractivity contribution in [2.45, 2.75) is 98.9 Å². The fourth-order valence-corrected chi connectivity index (χ4v) is 8.98. The summed E-state index contributed by atoms with van der Waals surface area (Å²) in [5.41, 5.74) is -5.72. The molecule has 2 fully saturated rings. The van der Waals surface area contributed by atoms with Gasteiger partial charge in [0, 0.05) is 30.6 Å². The summed E-state index contributed by atoms with van der Waals surface area (Å²) >= 11 is 0. The van der Waals surface area contributed by atoms with E-state index < -0.39 is 62.6 Å². The van der Waals surface area contributed by atoms with Gasteiger partial charge >= 0.3 is 5.97 Å². The normalized spacial score (nSPS) is 40.4. The van der Waals surface area contributed by atoms with Crippen LogP contribution in [0.4, 0.5) is 0 Å². The molecule has 0 saturated heterocycles. The van der Waals surface area contributed by atoms with E-state index in [9.17, 15) is 34.5 Å². The average Bonchev–Trinajstić information content (AvgIpc) is 3.01. The number of esters is 1. The maximum atomic E-state index is 14.3. The molecule has 0 spiro atoms. The van der Waals surface area contributed by atoms with Crippen LogP contribution in [0.25, 0.3) is 0 Å². The third kappa shape index (κ3) is 4.00. The summed E-state index contributed by atoms with van der Waals surface area (Å²) in [6.45, 7) is 15.3. The molecule has 0 aromatic heterocycles. The van der Waals surface area contributed by atoms with Gasteiger partial charge in [0.15, 0.2) is 11.5 Å². The molecule has 0 bridgehead atoms. The molecular formula is C32H44O8. The third-order valence-corrected chi connectivity index (χ3v) is 11.2. The van der Waals surface area contributed by atoms with E-state index in [1.807, 2.05) is 26.8 Å². The van der Waals surface area contributed by atoms with Crippen molar-refractivity contribution in [2.75, 3.05) is 0 Å². The van der Waals surface area contributed by atoms with Crippen molar-refractivity contribution < 1.29 is 39.2 Å². The minimum absolute atomic E-state index is 0.0249. The van der Waals surface area contributed by atoms with Gasteiger partial charge in [-0.2, -0.15) is 0 Å². The lowest BCUT2D eigenvalue weighted by Crippen LogP contribution is -2.64. The molecule has 4 aliphatic carbocycles. The lowest BCUT2D eigenvalue weighted by atomic mass is 9.39. The molecule has 4 aliphatic rings. The molecule has 2 saturated carbocycles. The summed E-state index contributed by atoms with van der Waals surface area (Å²) in [6.07, 6.45) is 5.89. The Kier molecular flexibility index (Phi) is 6.80. The van der Waals surface area contributed by atoms with Gasteiger partial charge in [0.05, 0.1) is 11.5 Å². The van der Waals surface area contributed by atoms with Crippen molar-refractivity contribution in [1.82, 2.24) is 0 Å². The Labute approximate surface area is 236 Å². The van der Waals surface area contributed by atoms with Crippen LogP contribution in [-0.4, -0.2) is 55.9 Å². The zero-order valence-electron chi connectivity index (χ0n) is 25.1. The van der Waals surface area contributed by atoms with Crippen LogP contribution in [0.15, 0.2) is 35.6 Å². The van der Waals surface area contributed by atoms with Crippen LogP contribution in [0.2, 0.25) is 0 Å². The van der Waals surface area contributed by atoms with Crippen LogP contribution in [0, 0.1) is 39.4 Å². The number of aliphatic hydroxyl groups is 3. The third-order valence-electron chi connectivity index (χ3n) is 11.2. The van der Waals surface area contributed by atoms with E-state index in [1.54, 1.807) is 27.7 Å². The van der Waals surface area contributed by atoms with Crippen LogP contribution in [0.5, 0.6) is 0 Å². The number of rotatable bonds is 5. The maximum Gasteiger partial charge on any atom is 0.303 e. The molecule has 0 aromatic carbocycles. The molecule has 0 heterocycles. The molecule has 0 radical (unpaired) electrons. The molecule has 4 rings (SSSR count). The van der Waals surface area contributed by atoms with Gasteiger partial charge in [-0.15, -0.1) is 0 Å². The van der Waals surface area contributed by atoms with Crippen LogP contribution in [0.1, 0.15) is 81.6 Å². The molecule has 8 atom stereocenters. The predicted octanol–water partition coefficient (Wildman–Crippen LogP) is 4.19. The van der Waals surface area contributed by atoms with E-state index in [2.05, 4.69) is 0 Å². The molecule has 0 aliphatic heterocycles. The first kappa shape index (κ1) is 30.4. The number of carbonyl (C=O) groups excluding carboxylic acids is 4. The molecule has 40 heavy (non-hydrogen) atoms. The number of hydrogen-bond donors (Lipinski definition) is 3. The first-order chi connectivity index (χ1) is 18.1. The van der Waals surface area contributed by atoms with E-state index in [0.29, 0.717) is 6.42 Å². The van der Waals surface area contributed by atoms with Crippen molar-refractivity contribution in [3.63, 3.8) is 0 Å². The SMILES string of the molecule is CC(=O)OC(C)(C)/C=C/C(=O)[C@@](C)(O)[C@@H]1[C@H](O)C[C@@]2(C)[C@H]3CC=C4[C@H](C=C(O)C(=O)C4(C)C)[C@]3(C)C(=O)C[C@]12C. The molecule has 8 nitrogen and oxygen atoms in total. The van der Waals surface area contributed by atoms with Crippen molar-refractivity contribution in [3.05, 3.63) is 35.6 Å². The van der Waals surface area contributed by atoms with Gasteiger partial charge in [0.1, 0.15) is 17.0 Å². The average molecular weight is 557 g/mol. The number of aliphatic hydroxyl groups excluding tert-OH is 2. The highest BCUT2D eigenvalue weighted by molar-refractivity contribution is 6.02. The summed E-state index contributed by atoms with van der Waals surface area (Å²) in [4.78, 5) is 52.0. The van der Waals surface area contributed by atoms with Gasteiger partial charge in [-0.05, 0) is 82.4 Å². The second kappa shape index (κ2) is 8.96. The summed E-state index contributed by atoms with van der Waals surface area (Å²) in [6, 6.07) is 0. The Morgan fingerprint density at radius 2 is 1.68 bits per heavy atom. The highest BCUT2D eigenvalue weighted by Gasteiger charge is 2.74. The number of ether oxygens (including phenoxy) is 1. The highest BCUT2D eigenvalue weighted by Crippen LogP contribution is 2.73. The fraction of sp³-hybridized carbons (Fsp3) is 0.688. The predicted molar refractivity (Wildman–Crippen MR) is 148 cm³/mol. The van der Waals surface area contributed by atoms with Crippen molar-refractivity contribution in [3.8, 4) is 0 Å². The van der Waals surface area contributed by atoms with E-state index in [1.165, 1.54) is 32.1 Å². The van der Waals surface area contributed by atoms with E-state index in [0.717, 1.165) is 5.57 Å². The fourth-order valence-electron chi connectivity index (χ4n) is 8.98. The second-order valence-electron chi connectivity index (χ2n) is 14.4. The lowest BCUT2D eigenvalue weighted by molar-refractivity contribution is -0.179. The summed E-state index contributed by atoms with van der Waals surface area (Å²) in [7, 11) is 0. The zero-order valence-corrected chi connectivity index (χ0v) is 25.1. The Morgan fingerprint density at radius 1 is 1.07 bits per heavy atom. The lowest BCUT2D eigenvalue weighted by Gasteiger charge is -2.63. The highest BCUT2D eigenvalue weighted by atomic mass is 16.6. The number of fused-ring (bicyclic) bond motifs is 5. The number of Topliss-reactive ketones (excluding diaryl/α,β-unsaturated/α-hetero) is 2. The van der Waals surface area contributed by atoms with Crippen LogP contribution in [0.3, 0.4) is 0 Å². The number of carbonyl (C=O) groups is 4. The van der Waals surface area contributed by atoms with Crippen LogP contribution >= 0.6 is 0 Å². The topological polar surface area (TPSA) is 138 Å². The van der Waals surface area contributed by atoms with Gasteiger partial charge in [0.2, 0.25) is 5.78 Å². The van der Waals surface area contributed by atoms with Gasteiger partial charge in [-0.3, -0.25) is 19.2 Å². The first-order valence-electron chi connectivity index (χ1n) is 14.1. The number of hydrogen-bond acceptors (Lipinski definition) is 8. The molecule has 0 unspecified atom stereocenters. The van der Waals surface area contributed by atoms with Gasteiger partial charge < -0.3 is 20.1 Å². The molecule has 8 heteroatoms.